The van der Waals surface area contributed by atoms with Crippen molar-refractivity contribution < 1.29 is 0 Å². The van der Waals surface area contributed by atoms with E-state index in [4.69, 9.17) is 0 Å². The maximum atomic E-state index is 3.38. The van der Waals surface area contributed by atoms with Crippen molar-refractivity contribution in [3.63, 3.8) is 0 Å². The topological polar surface area (TPSA) is 12.0 Å². The minimum atomic E-state index is 0.489. The molecule has 0 aromatic heterocycles. The van der Waals surface area contributed by atoms with Gasteiger partial charge in [0.25, 0.3) is 0 Å². The molecule has 0 aliphatic rings. The third-order valence-electron chi connectivity index (χ3n) is 2.29. The maximum absolute atomic E-state index is 3.38. The molecule has 0 amide bonds. The molecule has 0 aromatic carbocycles. The van der Waals surface area contributed by atoms with Gasteiger partial charge in [0.1, 0.15) is 0 Å². The van der Waals surface area contributed by atoms with Crippen molar-refractivity contribution in [3.8, 4) is 0 Å². The second kappa shape index (κ2) is 5.58. The van der Waals surface area contributed by atoms with E-state index >= 15 is 0 Å². The van der Waals surface area contributed by atoms with Crippen LogP contribution < -0.4 is 5.32 Å². The van der Waals surface area contributed by atoms with Crippen LogP contribution in [0.15, 0.2) is 0 Å². The summed E-state index contributed by atoms with van der Waals surface area (Å²) >= 11 is 0. The highest BCUT2D eigenvalue weighted by Crippen LogP contribution is 2.22. The van der Waals surface area contributed by atoms with E-state index in [1.165, 1.54) is 25.7 Å². The average molecular weight is 171 g/mol. The third-order valence-corrected chi connectivity index (χ3v) is 2.29. The monoisotopic (exact) mass is 171 g/mol. The molecule has 1 unspecified atom stereocenters. The van der Waals surface area contributed by atoms with Crippen molar-refractivity contribution in [2.45, 2.75) is 59.4 Å². The molecule has 12 heavy (non-hydrogen) atoms. The van der Waals surface area contributed by atoms with E-state index in [-0.39, 0.29) is 0 Å². The molecule has 0 fully saturated rings. The molecule has 1 atom stereocenters. The van der Waals surface area contributed by atoms with E-state index < -0.39 is 0 Å². The molecule has 0 heterocycles. The highest BCUT2D eigenvalue weighted by molar-refractivity contribution is 4.69. The summed E-state index contributed by atoms with van der Waals surface area (Å²) in [5.41, 5.74) is 0.489. The Morgan fingerprint density at radius 3 is 2.08 bits per heavy atom. The minimum Gasteiger partial charge on any atom is -0.317 e. The zero-order valence-electron chi connectivity index (χ0n) is 9.41. The van der Waals surface area contributed by atoms with Crippen LogP contribution in [0.25, 0.3) is 0 Å². The van der Waals surface area contributed by atoms with E-state index in [1.54, 1.807) is 0 Å². The molecule has 0 bridgehead atoms. The fraction of sp³-hybridized carbons (Fsp3) is 1.00. The number of hydrogen-bond acceptors (Lipinski definition) is 1. The molecule has 0 radical (unpaired) electrons. The Morgan fingerprint density at radius 2 is 1.75 bits per heavy atom. The molecule has 0 rings (SSSR count). The van der Waals surface area contributed by atoms with Crippen molar-refractivity contribution in [2.24, 2.45) is 5.41 Å². The first-order chi connectivity index (χ1) is 5.49. The summed E-state index contributed by atoms with van der Waals surface area (Å²) in [6.07, 6.45) is 5.23. The first-order valence-electron chi connectivity index (χ1n) is 5.17. The average Bonchev–Trinajstić information content (AvgIpc) is 1.96. The second-order valence-corrected chi connectivity index (χ2v) is 4.87. The van der Waals surface area contributed by atoms with E-state index in [9.17, 15) is 0 Å². The van der Waals surface area contributed by atoms with Crippen LogP contribution in [0.1, 0.15) is 53.4 Å². The fourth-order valence-electron chi connectivity index (χ4n) is 1.39. The normalized spacial score (nSPS) is 14.8. The molecule has 74 valence electrons. The summed E-state index contributed by atoms with van der Waals surface area (Å²) in [7, 11) is 2.07. The van der Waals surface area contributed by atoms with Crippen LogP contribution in [0.4, 0.5) is 0 Å². The van der Waals surface area contributed by atoms with Gasteiger partial charge < -0.3 is 5.32 Å². The van der Waals surface area contributed by atoms with E-state index in [1.807, 2.05) is 0 Å². The van der Waals surface area contributed by atoms with Crippen molar-refractivity contribution in [2.75, 3.05) is 7.05 Å². The maximum Gasteiger partial charge on any atom is 0.00641 e. The largest absolute Gasteiger partial charge is 0.317 e. The van der Waals surface area contributed by atoms with Crippen molar-refractivity contribution in [3.05, 3.63) is 0 Å². The molecule has 1 N–H and O–H groups in total. The zero-order valence-corrected chi connectivity index (χ0v) is 9.41. The Kier molecular flexibility index (Phi) is 5.56. The Hall–Kier alpha value is -0.0400. The SMILES string of the molecule is CCCC(CCC(C)(C)C)NC. The van der Waals surface area contributed by atoms with Gasteiger partial charge in [-0.1, -0.05) is 34.1 Å². The highest BCUT2D eigenvalue weighted by atomic mass is 14.9. The number of rotatable bonds is 5. The summed E-state index contributed by atoms with van der Waals surface area (Å²) < 4.78 is 0. The van der Waals surface area contributed by atoms with Gasteiger partial charge in [0.15, 0.2) is 0 Å². The highest BCUT2D eigenvalue weighted by Gasteiger charge is 2.13. The first kappa shape index (κ1) is 12.0. The molecule has 0 aliphatic carbocycles. The minimum absolute atomic E-state index is 0.489. The van der Waals surface area contributed by atoms with E-state index in [2.05, 4.69) is 40.1 Å². The van der Waals surface area contributed by atoms with Gasteiger partial charge in [-0.25, -0.2) is 0 Å². The molecule has 1 heteroatoms. The molecular weight excluding hydrogens is 146 g/mol. The number of hydrogen-bond donors (Lipinski definition) is 1. The van der Waals surface area contributed by atoms with Gasteiger partial charge in [0, 0.05) is 6.04 Å². The molecule has 0 aromatic rings. The Balaban J connectivity index is 3.58. The fourth-order valence-corrected chi connectivity index (χ4v) is 1.39. The molecule has 0 saturated carbocycles. The first-order valence-corrected chi connectivity index (χ1v) is 5.17. The smallest absolute Gasteiger partial charge is 0.00641 e. The standard InChI is InChI=1S/C11H25N/c1-6-7-10(12-5)8-9-11(2,3)4/h10,12H,6-9H2,1-5H3. The summed E-state index contributed by atoms with van der Waals surface area (Å²) in [4.78, 5) is 0. The molecule has 1 nitrogen and oxygen atoms in total. The van der Waals surface area contributed by atoms with Crippen LogP contribution in [-0.2, 0) is 0 Å². The lowest BCUT2D eigenvalue weighted by atomic mass is 9.88. The van der Waals surface area contributed by atoms with Crippen LogP contribution >= 0.6 is 0 Å². The van der Waals surface area contributed by atoms with Gasteiger partial charge >= 0.3 is 0 Å². The van der Waals surface area contributed by atoms with Crippen molar-refractivity contribution in [1.29, 1.82) is 0 Å². The van der Waals surface area contributed by atoms with Gasteiger partial charge in [-0.2, -0.15) is 0 Å². The Labute approximate surface area is 77.9 Å². The predicted octanol–water partition coefficient (Wildman–Crippen LogP) is 3.20. The summed E-state index contributed by atoms with van der Waals surface area (Å²) in [5.74, 6) is 0. The van der Waals surface area contributed by atoms with Gasteiger partial charge in [0.05, 0.1) is 0 Å². The Bertz CT molecular complexity index is 102. The third kappa shape index (κ3) is 6.66. The van der Waals surface area contributed by atoms with E-state index in [0.717, 1.165) is 6.04 Å². The predicted molar refractivity (Wildman–Crippen MR) is 56.4 cm³/mol. The second-order valence-electron chi connectivity index (χ2n) is 4.87. The Morgan fingerprint density at radius 1 is 1.17 bits per heavy atom. The lowest BCUT2D eigenvalue weighted by molar-refractivity contribution is 0.328. The van der Waals surface area contributed by atoms with Gasteiger partial charge in [-0.15, -0.1) is 0 Å². The van der Waals surface area contributed by atoms with Gasteiger partial charge in [0.2, 0.25) is 0 Å². The number of nitrogens with one attached hydrogen (secondary N) is 1. The van der Waals surface area contributed by atoms with Gasteiger partial charge in [-0.05, 0) is 31.7 Å². The van der Waals surface area contributed by atoms with Crippen molar-refractivity contribution >= 4 is 0 Å². The lowest BCUT2D eigenvalue weighted by Gasteiger charge is -2.22. The summed E-state index contributed by atoms with van der Waals surface area (Å²) in [5, 5.41) is 3.38. The van der Waals surface area contributed by atoms with E-state index in [0.29, 0.717) is 5.41 Å². The molecular formula is C11H25N. The van der Waals surface area contributed by atoms with Crippen molar-refractivity contribution in [1.82, 2.24) is 5.32 Å². The molecule has 0 spiro atoms. The lowest BCUT2D eigenvalue weighted by Crippen LogP contribution is -2.26. The quantitative estimate of drug-likeness (QED) is 0.670. The van der Waals surface area contributed by atoms with Crippen LogP contribution in [0.2, 0.25) is 0 Å². The summed E-state index contributed by atoms with van der Waals surface area (Å²) in [6, 6.07) is 0.731. The van der Waals surface area contributed by atoms with Crippen LogP contribution in [0, 0.1) is 5.41 Å². The van der Waals surface area contributed by atoms with Crippen LogP contribution in [0.5, 0.6) is 0 Å². The molecule has 0 aliphatic heterocycles. The van der Waals surface area contributed by atoms with Gasteiger partial charge in [-0.3, -0.25) is 0 Å². The van der Waals surface area contributed by atoms with Crippen LogP contribution in [-0.4, -0.2) is 13.1 Å². The molecule has 0 saturated heterocycles. The zero-order chi connectivity index (χ0) is 9.61. The van der Waals surface area contributed by atoms with Crippen LogP contribution in [0.3, 0.4) is 0 Å². The summed E-state index contributed by atoms with van der Waals surface area (Å²) in [6.45, 7) is 9.18.